The Bertz CT molecular complexity index is 652. The molecule has 0 spiro atoms. The summed E-state index contributed by atoms with van der Waals surface area (Å²) in [6, 6.07) is 3.69. The summed E-state index contributed by atoms with van der Waals surface area (Å²) >= 11 is 0. The summed E-state index contributed by atoms with van der Waals surface area (Å²) < 4.78 is 3.35. The number of anilines is 1. The molecule has 0 atom stereocenters. The highest BCUT2D eigenvalue weighted by atomic mass is 16.1. The van der Waals surface area contributed by atoms with Crippen LogP contribution in [-0.4, -0.2) is 14.3 Å². The molecule has 5 nitrogen and oxygen atoms in total. The van der Waals surface area contributed by atoms with Gasteiger partial charge < -0.3 is 10.3 Å². The van der Waals surface area contributed by atoms with Gasteiger partial charge in [0.2, 0.25) is 0 Å². The van der Waals surface area contributed by atoms with E-state index in [1.165, 1.54) is 0 Å². The summed E-state index contributed by atoms with van der Waals surface area (Å²) in [6.07, 6.45) is 0. The van der Waals surface area contributed by atoms with Crippen LogP contribution in [0.5, 0.6) is 0 Å². The number of aryl methyl sites for hydroxylation is 3. The third kappa shape index (κ3) is 2.41. The van der Waals surface area contributed by atoms with Crippen LogP contribution in [0.25, 0.3) is 11.4 Å². The van der Waals surface area contributed by atoms with Crippen LogP contribution in [0.1, 0.15) is 25.5 Å². The molecular weight excluding hydrogens is 240 g/mol. The number of pyridine rings is 1. The SMILES string of the molecule is C.CCn1nc(-c2c(C)cc(C)c(=O)n2C)cc1N. The van der Waals surface area contributed by atoms with Gasteiger partial charge in [-0.2, -0.15) is 5.10 Å². The fourth-order valence-corrected chi connectivity index (χ4v) is 2.26. The maximum Gasteiger partial charge on any atom is 0.253 e. The minimum Gasteiger partial charge on any atom is -0.384 e. The molecule has 0 unspecified atom stereocenters. The van der Waals surface area contributed by atoms with E-state index in [4.69, 9.17) is 5.73 Å². The third-order valence-corrected chi connectivity index (χ3v) is 3.14. The standard InChI is InChI=1S/C13H18N4O.CH4/c1-5-17-11(14)7-10(15-17)12-8(2)6-9(3)13(18)16(12)4;/h6-7H,5,14H2,1-4H3;1H4. The van der Waals surface area contributed by atoms with Crippen molar-refractivity contribution in [3.05, 3.63) is 33.6 Å². The highest BCUT2D eigenvalue weighted by Gasteiger charge is 2.13. The van der Waals surface area contributed by atoms with Gasteiger partial charge in [-0.3, -0.25) is 4.79 Å². The van der Waals surface area contributed by atoms with Crippen LogP contribution in [0.3, 0.4) is 0 Å². The lowest BCUT2D eigenvalue weighted by atomic mass is 10.1. The van der Waals surface area contributed by atoms with Crippen molar-refractivity contribution in [2.75, 3.05) is 5.73 Å². The van der Waals surface area contributed by atoms with E-state index in [1.807, 2.05) is 26.8 Å². The number of rotatable bonds is 2. The smallest absolute Gasteiger partial charge is 0.253 e. The summed E-state index contributed by atoms with van der Waals surface area (Å²) in [5.74, 6) is 0.611. The van der Waals surface area contributed by atoms with Gasteiger partial charge in [0.1, 0.15) is 11.5 Å². The van der Waals surface area contributed by atoms with Crippen molar-refractivity contribution in [2.24, 2.45) is 7.05 Å². The van der Waals surface area contributed by atoms with E-state index in [2.05, 4.69) is 5.10 Å². The molecule has 0 saturated heterocycles. The van der Waals surface area contributed by atoms with Gasteiger partial charge in [-0.1, -0.05) is 7.43 Å². The molecule has 0 saturated carbocycles. The number of nitrogen functional groups attached to an aromatic ring is 1. The Hall–Kier alpha value is -2.04. The van der Waals surface area contributed by atoms with E-state index in [0.717, 1.165) is 22.5 Å². The zero-order chi connectivity index (χ0) is 13.4. The van der Waals surface area contributed by atoms with Crippen LogP contribution in [0.15, 0.2) is 16.9 Å². The van der Waals surface area contributed by atoms with E-state index in [9.17, 15) is 4.79 Å². The molecule has 0 aliphatic carbocycles. The van der Waals surface area contributed by atoms with Crippen LogP contribution < -0.4 is 11.3 Å². The van der Waals surface area contributed by atoms with E-state index >= 15 is 0 Å². The molecule has 0 aromatic carbocycles. The van der Waals surface area contributed by atoms with Crippen molar-refractivity contribution in [3.8, 4) is 11.4 Å². The van der Waals surface area contributed by atoms with Crippen LogP contribution in [-0.2, 0) is 13.6 Å². The lowest BCUT2D eigenvalue weighted by Crippen LogP contribution is -2.21. The molecule has 2 rings (SSSR count). The van der Waals surface area contributed by atoms with Crippen LogP contribution in [0.4, 0.5) is 5.82 Å². The van der Waals surface area contributed by atoms with Crippen LogP contribution >= 0.6 is 0 Å². The average Bonchev–Trinajstić information content (AvgIpc) is 2.67. The first kappa shape index (κ1) is 15.0. The first-order valence-electron chi connectivity index (χ1n) is 5.96. The summed E-state index contributed by atoms with van der Waals surface area (Å²) in [6.45, 7) is 6.49. The van der Waals surface area contributed by atoms with Crippen LogP contribution in [0, 0.1) is 13.8 Å². The van der Waals surface area contributed by atoms with Crippen molar-refractivity contribution in [1.29, 1.82) is 0 Å². The second-order valence-corrected chi connectivity index (χ2v) is 4.49. The van der Waals surface area contributed by atoms with Crippen molar-refractivity contribution >= 4 is 5.82 Å². The van der Waals surface area contributed by atoms with Gasteiger partial charge in [-0.05, 0) is 32.4 Å². The third-order valence-electron chi connectivity index (χ3n) is 3.14. The van der Waals surface area contributed by atoms with Gasteiger partial charge in [0.05, 0.1) is 5.69 Å². The lowest BCUT2D eigenvalue weighted by molar-refractivity contribution is 0.670. The zero-order valence-corrected chi connectivity index (χ0v) is 11.2. The highest BCUT2D eigenvalue weighted by molar-refractivity contribution is 5.62. The molecule has 0 amide bonds. The summed E-state index contributed by atoms with van der Waals surface area (Å²) in [5.41, 5.74) is 9.20. The second kappa shape index (κ2) is 5.30. The fraction of sp³-hybridized carbons (Fsp3) is 0.429. The molecule has 19 heavy (non-hydrogen) atoms. The van der Waals surface area contributed by atoms with Crippen molar-refractivity contribution in [3.63, 3.8) is 0 Å². The highest BCUT2D eigenvalue weighted by Crippen LogP contribution is 2.22. The maximum absolute atomic E-state index is 12.0. The number of hydrogen-bond acceptors (Lipinski definition) is 3. The largest absolute Gasteiger partial charge is 0.384 e. The minimum absolute atomic E-state index is 0. The molecular formula is C14H22N4O. The first-order valence-corrected chi connectivity index (χ1v) is 5.96. The number of aromatic nitrogens is 3. The molecule has 0 aliphatic rings. The molecule has 0 radical (unpaired) electrons. The molecule has 2 N–H and O–H groups in total. The average molecular weight is 262 g/mol. The summed E-state index contributed by atoms with van der Waals surface area (Å²) in [7, 11) is 1.76. The Balaban J connectivity index is 0.00000180. The Morgan fingerprint density at radius 3 is 2.42 bits per heavy atom. The Morgan fingerprint density at radius 1 is 1.26 bits per heavy atom. The van der Waals surface area contributed by atoms with E-state index in [-0.39, 0.29) is 13.0 Å². The molecule has 0 fully saturated rings. The summed E-state index contributed by atoms with van der Waals surface area (Å²) in [5, 5.41) is 4.42. The molecule has 2 aromatic heterocycles. The van der Waals surface area contributed by atoms with Crippen molar-refractivity contribution in [2.45, 2.75) is 34.7 Å². The number of nitrogens with zero attached hydrogens (tertiary/aromatic N) is 3. The van der Waals surface area contributed by atoms with E-state index < -0.39 is 0 Å². The van der Waals surface area contributed by atoms with Gasteiger partial charge in [0.15, 0.2) is 0 Å². The lowest BCUT2D eigenvalue weighted by Gasteiger charge is -2.10. The van der Waals surface area contributed by atoms with Gasteiger partial charge >= 0.3 is 0 Å². The molecule has 0 bridgehead atoms. The minimum atomic E-state index is 0. The Kier molecular flexibility index (Phi) is 4.19. The van der Waals surface area contributed by atoms with Gasteiger partial charge in [0, 0.05) is 25.2 Å². The Labute approximate surface area is 113 Å². The predicted molar refractivity (Wildman–Crippen MR) is 79.2 cm³/mol. The monoisotopic (exact) mass is 262 g/mol. The van der Waals surface area contributed by atoms with Crippen molar-refractivity contribution < 1.29 is 0 Å². The normalized spacial score (nSPS) is 10.3. The zero-order valence-electron chi connectivity index (χ0n) is 11.2. The van der Waals surface area contributed by atoms with Crippen molar-refractivity contribution in [1.82, 2.24) is 14.3 Å². The molecule has 2 aromatic rings. The molecule has 5 heteroatoms. The van der Waals surface area contributed by atoms with Crippen LogP contribution in [0.2, 0.25) is 0 Å². The van der Waals surface area contributed by atoms with Gasteiger partial charge in [0.25, 0.3) is 5.56 Å². The quantitative estimate of drug-likeness (QED) is 0.901. The number of nitrogens with two attached hydrogens (primary N) is 1. The van der Waals surface area contributed by atoms with Gasteiger partial charge in [-0.25, -0.2) is 4.68 Å². The summed E-state index contributed by atoms with van der Waals surface area (Å²) in [4.78, 5) is 12.0. The predicted octanol–water partition coefficient (Wildman–Crippen LogP) is 2.10. The first-order chi connectivity index (χ1) is 8.45. The molecule has 2 heterocycles. The topological polar surface area (TPSA) is 65.8 Å². The number of hydrogen-bond donors (Lipinski definition) is 1. The maximum atomic E-state index is 12.0. The Morgan fingerprint density at radius 2 is 1.89 bits per heavy atom. The second-order valence-electron chi connectivity index (χ2n) is 4.49. The molecule has 104 valence electrons. The van der Waals surface area contributed by atoms with E-state index in [0.29, 0.717) is 12.4 Å². The fourth-order valence-electron chi connectivity index (χ4n) is 2.26. The van der Waals surface area contributed by atoms with Gasteiger partial charge in [-0.15, -0.1) is 0 Å². The van der Waals surface area contributed by atoms with E-state index in [1.54, 1.807) is 22.4 Å². The molecule has 0 aliphatic heterocycles.